The molecule has 3 aliphatic carbocycles. The Balaban J connectivity index is 1.58. The van der Waals surface area contributed by atoms with Crippen LogP contribution in [0.15, 0.2) is 35.9 Å². The minimum atomic E-state index is 0.661. The van der Waals surface area contributed by atoms with Crippen LogP contribution >= 0.6 is 0 Å². The molecule has 0 aromatic heterocycles. The van der Waals surface area contributed by atoms with Crippen molar-refractivity contribution in [2.75, 3.05) is 6.54 Å². The van der Waals surface area contributed by atoms with Gasteiger partial charge >= 0.3 is 0 Å². The van der Waals surface area contributed by atoms with Crippen molar-refractivity contribution in [3.8, 4) is 0 Å². The summed E-state index contributed by atoms with van der Waals surface area (Å²) in [6.45, 7) is 3.45. The first-order valence-corrected chi connectivity index (χ1v) is 8.90. The summed E-state index contributed by atoms with van der Waals surface area (Å²) in [5, 5.41) is 3.89. The number of aryl methyl sites for hydroxylation is 1. The minimum absolute atomic E-state index is 0.661. The first-order chi connectivity index (χ1) is 10.4. The molecule has 0 saturated heterocycles. The van der Waals surface area contributed by atoms with Gasteiger partial charge in [-0.15, -0.1) is 0 Å². The quantitative estimate of drug-likeness (QED) is 0.787. The van der Waals surface area contributed by atoms with Gasteiger partial charge in [-0.05, 0) is 74.0 Å². The number of fused-ring (bicyclic) bond motifs is 3. The summed E-state index contributed by atoms with van der Waals surface area (Å²) in [6.07, 6.45) is 10.5. The van der Waals surface area contributed by atoms with E-state index in [2.05, 4.69) is 42.6 Å². The monoisotopic (exact) mass is 281 g/mol. The smallest absolute Gasteiger partial charge is 0.0316 e. The first kappa shape index (κ1) is 13.6. The molecule has 1 aromatic rings. The maximum Gasteiger partial charge on any atom is 0.0316 e. The normalized spacial score (nSPS) is 31.3. The molecule has 0 bridgehead atoms. The Bertz CT molecular complexity index is 545. The Morgan fingerprint density at radius 2 is 2.14 bits per heavy atom. The molecule has 1 nitrogen and oxygen atoms in total. The SMILES string of the molecule is CCCNC(C1=CCCC1)C1C2CCc3ccccc3C21. The van der Waals surface area contributed by atoms with Crippen LogP contribution in [0.25, 0.3) is 0 Å². The molecule has 4 atom stereocenters. The molecule has 1 N–H and O–H groups in total. The first-order valence-electron chi connectivity index (χ1n) is 8.90. The predicted octanol–water partition coefficient (Wildman–Crippen LogP) is 4.44. The Morgan fingerprint density at radius 1 is 1.24 bits per heavy atom. The predicted molar refractivity (Wildman–Crippen MR) is 88.5 cm³/mol. The lowest BCUT2D eigenvalue weighted by Crippen LogP contribution is -2.34. The van der Waals surface area contributed by atoms with Gasteiger partial charge in [-0.2, -0.15) is 0 Å². The second kappa shape index (κ2) is 5.61. The van der Waals surface area contributed by atoms with Gasteiger partial charge in [0.2, 0.25) is 0 Å². The van der Waals surface area contributed by atoms with Crippen molar-refractivity contribution in [1.29, 1.82) is 0 Å². The summed E-state index contributed by atoms with van der Waals surface area (Å²) >= 11 is 0. The minimum Gasteiger partial charge on any atom is -0.310 e. The van der Waals surface area contributed by atoms with Crippen LogP contribution < -0.4 is 5.32 Å². The second-order valence-electron chi connectivity index (χ2n) is 7.11. The molecule has 0 amide bonds. The van der Waals surface area contributed by atoms with Crippen molar-refractivity contribution < 1.29 is 0 Å². The molecule has 0 radical (unpaired) electrons. The molecule has 1 fully saturated rings. The van der Waals surface area contributed by atoms with Gasteiger partial charge < -0.3 is 5.32 Å². The molecular formula is C20H27N. The lowest BCUT2D eigenvalue weighted by Gasteiger charge is -2.21. The Morgan fingerprint density at radius 3 is 2.95 bits per heavy atom. The van der Waals surface area contributed by atoms with E-state index in [1.807, 2.05) is 0 Å². The third-order valence-electron chi connectivity index (χ3n) is 5.87. The van der Waals surface area contributed by atoms with Crippen LogP contribution in [0.5, 0.6) is 0 Å². The fraction of sp³-hybridized carbons (Fsp3) is 0.600. The zero-order valence-electron chi connectivity index (χ0n) is 13.1. The third kappa shape index (κ3) is 2.36. The maximum absolute atomic E-state index is 3.89. The van der Waals surface area contributed by atoms with E-state index in [1.165, 1.54) is 45.1 Å². The van der Waals surface area contributed by atoms with E-state index in [1.54, 1.807) is 16.7 Å². The van der Waals surface area contributed by atoms with Crippen LogP contribution in [0.4, 0.5) is 0 Å². The van der Waals surface area contributed by atoms with Gasteiger partial charge in [0.05, 0.1) is 0 Å². The number of rotatable bonds is 5. The molecule has 112 valence electrons. The Labute approximate surface area is 128 Å². The zero-order valence-corrected chi connectivity index (χ0v) is 13.1. The summed E-state index contributed by atoms with van der Waals surface area (Å²) in [4.78, 5) is 0. The molecule has 21 heavy (non-hydrogen) atoms. The Hall–Kier alpha value is -1.08. The van der Waals surface area contributed by atoms with Crippen LogP contribution in [0, 0.1) is 11.8 Å². The molecule has 0 aliphatic heterocycles. The molecule has 3 aliphatic rings. The third-order valence-corrected chi connectivity index (χ3v) is 5.87. The fourth-order valence-corrected chi connectivity index (χ4v) is 4.87. The van der Waals surface area contributed by atoms with Gasteiger partial charge in [-0.3, -0.25) is 0 Å². The molecule has 0 spiro atoms. The van der Waals surface area contributed by atoms with E-state index in [0.717, 1.165) is 17.8 Å². The van der Waals surface area contributed by atoms with E-state index in [9.17, 15) is 0 Å². The number of allylic oxidation sites excluding steroid dienone is 1. The summed E-state index contributed by atoms with van der Waals surface area (Å²) < 4.78 is 0. The molecule has 1 aromatic carbocycles. The summed E-state index contributed by atoms with van der Waals surface area (Å²) in [6, 6.07) is 9.85. The number of nitrogens with one attached hydrogen (secondary N) is 1. The average molecular weight is 281 g/mol. The number of benzene rings is 1. The lowest BCUT2D eigenvalue weighted by molar-refractivity contribution is 0.474. The van der Waals surface area contributed by atoms with Crippen molar-refractivity contribution in [3.05, 3.63) is 47.0 Å². The van der Waals surface area contributed by atoms with Crippen molar-refractivity contribution in [2.45, 2.75) is 57.4 Å². The van der Waals surface area contributed by atoms with E-state index in [-0.39, 0.29) is 0 Å². The van der Waals surface area contributed by atoms with Crippen LogP contribution in [-0.4, -0.2) is 12.6 Å². The van der Waals surface area contributed by atoms with Gasteiger partial charge in [-0.25, -0.2) is 0 Å². The largest absolute Gasteiger partial charge is 0.310 e. The van der Waals surface area contributed by atoms with E-state index in [0.29, 0.717) is 6.04 Å². The van der Waals surface area contributed by atoms with Crippen molar-refractivity contribution in [2.24, 2.45) is 11.8 Å². The van der Waals surface area contributed by atoms with Crippen LogP contribution in [0.3, 0.4) is 0 Å². The number of hydrogen-bond acceptors (Lipinski definition) is 1. The van der Waals surface area contributed by atoms with E-state index < -0.39 is 0 Å². The topological polar surface area (TPSA) is 12.0 Å². The van der Waals surface area contributed by atoms with Gasteiger partial charge in [0.1, 0.15) is 0 Å². The van der Waals surface area contributed by atoms with Crippen LogP contribution in [0.2, 0.25) is 0 Å². The molecule has 1 saturated carbocycles. The maximum atomic E-state index is 3.89. The van der Waals surface area contributed by atoms with Crippen molar-refractivity contribution in [3.63, 3.8) is 0 Å². The summed E-state index contributed by atoms with van der Waals surface area (Å²) in [5.41, 5.74) is 5.01. The van der Waals surface area contributed by atoms with Crippen molar-refractivity contribution >= 4 is 0 Å². The van der Waals surface area contributed by atoms with E-state index in [4.69, 9.17) is 0 Å². The number of hydrogen-bond donors (Lipinski definition) is 1. The standard InChI is InChI=1S/C20H27N/c1-2-13-21-20(15-8-3-4-9-15)19-17-12-11-14-7-5-6-10-16(14)18(17)19/h5-8,10,17-21H,2-4,9,11-13H2,1H3. The lowest BCUT2D eigenvalue weighted by atomic mass is 9.92. The van der Waals surface area contributed by atoms with Gasteiger partial charge in [0.15, 0.2) is 0 Å². The van der Waals surface area contributed by atoms with Gasteiger partial charge in [0, 0.05) is 6.04 Å². The van der Waals surface area contributed by atoms with Crippen LogP contribution in [0.1, 0.15) is 56.1 Å². The summed E-state index contributed by atoms with van der Waals surface area (Å²) in [5.74, 6) is 2.64. The van der Waals surface area contributed by atoms with Crippen LogP contribution in [-0.2, 0) is 6.42 Å². The summed E-state index contributed by atoms with van der Waals surface area (Å²) in [7, 11) is 0. The second-order valence-corrected chi connectivity index (χ2v) is 7.11. The molecular weight excluding hydrogens is 254 g/mol. The zero-order chi connectivity index (χ0) is 14.2. The molecule has 1 heteroatoms. The molecule has 4 rings (SSSR count). The van der Waals surface area contributed by atoms with E-state index >= 15 is 0 Å². The molecule has 4 unspecified atom stereocenters. The fourth-order valence-electron chi connectivity index (χ4n) is 4.87. The van der Waals surface area contributed by atoms with Gasteiger partial charge in [0.25, 0.3) is 0 Å². The van der Waals surface area contributed by atoms with Gasteiger partial charge in [-0.1, -0.05) is 42.8 Å². The average Bonchev–Trinajstić information content (AvgIpc) is 3.00. The molecule has 0 heterocycles. The highest BCUT2D eigenvalue weighted by molar-refractivity contribution is 5.41. The highest BCUT2D eigenvalue weighted by Gasteiger charge is 2.56. The highest BCUT2D eigenvalue weighted by Crippen LogP contribution is 2.62. The Kier molecular flexibility index (Phi) is 3.62. The highest BCUT2D eigenvalue weighted by atomic mass is 14.9. The van der Waals surface area contributed by atoms with Crippen molar-refractivity contribution in [1.82, 2.24) is 5.32 Å².